The van der Waals surface area contributed by atoms with Crippen LogP contribution >= 0.6 is 23.2 Å². The van der Waals surface area contributed by atoms with Crippen molar-refractivity contribution in [2.75, 3.05) is 12.4 Å². The van der Waals surface area contributed by atoms with Crippen LogP contribution in [0.25, 0.3) is 0 Å². The summed E-state index contributed by atoms with van der Waals surface area (Å²) in [6.07, 6.45) is 0.865. The van der Waals surface area contributed by atoms with Gasteiger partial charge in [-0.05, 0) is 48.0 Å². The molecule has 0 saturated carbocycles. The van der Waals surface area contributed by atoms with Gasteiger partial charge in [-0.2, -0.15) is 5.10 Å². The van der Waals surface area contributed by atoms with Gasteiger partial charge in [-0.25, -0.2) is 9.82 Å². The van der Waals surface area contributed by atoms with Gasteiger partial charge in [-0.1, -0.05) is 41.4 Å². The molecule has 0 atom stereocenters. The molecule has 3 rings (SSSR count). The molecule has 3 aromatic rings. The quantitative estimate of drug-likeness (QED) is 0.238. The fourth-order valence-electron chi connectivity index (χ4n) is 2.80. The molecule has 0 bridgehead atoms. The van der Waals surface area contributed by atoms with Crippen molar-refractivity contribution in [2.24, 2.45) is 5.10 Å². The van der Waals surface area contributed by atoms with E-state index in [0.29, 0.717) is 27.1 Å². The van der Waals surface area contributed by atoms with E-state index in [9.17, 15) is 14.0 Å². The average molecular weight is 504 g/mol. The number of carbonyl (C=O) groups excluding carboxylic acids is 2. The molecule has 0 unspecified atom stereocenters. The minimum absolute atomic E-state index is 0.00320. The van der Waals surface area contributed by atoms with Crippen molar-refractivity contribution in [3.63, 3.8) is 0 Å². The highest BCUT2D eigenvalue weighted by molar-refractivity contribution is 6.35. The first-order valence-electron chi connectivity index (χ1n) is 9.96. The molecule has 7 nitrogen and oxygen atoms in total. The smallest absolute Gasteiger partial charge is 0.249 e. The minimum atomic E-state index is -0.665. The van der Waals surface area contributed by atoms with Gasteiger partial charge in [-0.15, -0.1) is 0 Å². The summed E-state index contributed by atoms with van der Waals surface area (Å²) in [7, 11) is 1.49. The predicted octanol–water partition coefficient (Wildman–Crippen LogP) is 5.20. The third-order valence-corrected chi connectivity index (χ3v) is 5.04. The van der Waals surface area contributed by atoms with Gasteiger partial charge in [0.25, 0.3) is 0 Å². The molecule has 0 heterocycles. The number of methoxy groups -OCH3 is 1. The van der Waals surface area contributed by atoms with Gasteiger partial charge in [0, 0.05) is 15.6 Å². The normalized spacial score (nSPS) is 10.7. The van der Waals surface area contributed by atoms with Crippen LogP contribution in [-0.2, 0) is 16.2 Å². The molecular formula is C24H20Cl2FN3O4. The minimum Gasteiger partial charge on any atom is -0.493 e. The van der Waals surface area contributed by atoms with Crippen LogP contribution in [0.1, 0.15) is 17.5 Å². The van der Waals surface area contributed by atoms with Gasteiger partial charge in [0.15, 0.2) is 11.5 Å². The highest BCUT2D eigenvalue weighted by atomic mass is 35.5. The van der Waals surface area contributed by atoms with E-state index in [4.69, 9.17) is 32.7 Å². The molecule has 0 spiro atoms. The Balaban J connectivity index is 1.53. The van der Waals surface area contributed by atoms with Gasteiger partial charge >= 0.3 is 0 Å². The van der Waals surface area contributed by atoms with E-state index < -0.39 is 24.1 Å². The number of benzene rings is 3. The van der Waals surface area contributed by atoms with E-state index in [-0.39, 0.29) is 12.3 Å². The highest BCUT2D eigenvalue weighted by Gasteiger charge is 2.11. The molecule has 0 saturated heterocycles. The maximum Gasteiger partial charge on any atom is 0.249 e. The van der Waals surface area contributed by atoms with Crippen LogP contribution in [0.2, 0.25) is 10.0 Å². The Kier molecular flexibility index (Phi) is 8.84. The predicted molar refractivity (Wildman–Crippen MR) is 129 cm³/mol. The molecule has 176 valence electrons. The van der Waals surface area contributed by atoms with E-state index in [0.717, 1.165) is 5.56 Å². The Morgan fingerprint density at radius 3 is 2.56 bits per heavy atom. The summed E-state index contributed by atoms with van der Waals surface area (Å²) in [5.41, 5.74) is 3.63. The van der Waals surface area contributed by atoms with E-state index >= 15 is 0 Å². The molecule has 10 heteroatoms. The van der Waals surface area contributed by atoms with Crippen LogP contribution in [0.5, 0.6) is 11.5 Å². The summed E-state index contributed by atoms with van der Waals surface area (Å²) in [6.45, 7) is 0.213. The summed E-state index contributed by atoms with van der Waals surface area (Å²) in [5.74, 6) is -0.977. The fourth-order valence-corrected chi connectivity index (χ4v) is 3.26. The van der Waals surface area contributed by atoms with Gasteiger partial charge in [0.2, 0.25) is 11.8 Å². The lowest BCUT2D eigenvalue weighted by atomic mass is 10.2. The van der Waals surface area contributed by atoms with E-state index in [1.165, 1.54) is 31.5 Å². The molecule has 3 aromatic carbocycles. The van der Waals surface area contributed by atoms with Crippen LogP contribution in [-0.4, -0.2) is 25.1 Å². The Labute approximate surface area is 205 Å². The van der Waals surface area contributed by atoms with Crippen molar-refractivity contribution < 1.29 is 23.5 Å². The number of nitrogens with zero attached hydrogens (tertiary/aromatic N) is 1. The number of anilines is 1. The Morgan fingerprint density at radius 2 is 1.82 bits per heavy atom. The number of hydrogen-bond donors (Lipinski definition) is 2. The molecule has 0 aliphatic carbocycles. The third kappa shape index (κ3) is 7.19. The maximum atomic E-state index is 13.6. The van der Waals surface area contributed by atoms with Crippen LogP contribution in [0, 0.1) is 5.82 Å². The Bertz CT molecular complexity index is 1220. The first-order chi connectivity index (χ1) is 16.4. The monoisotopic (exact) mass is 503 g/mol. The first kappa shape index (κ1) is 25.0. The number of ether oxygens (including phenoxy) is 2. The number of amides is 2. The molecule has 34 heavy (non-hydrogen) atoms. The zero-order chi connectivity index (χ0) is 24.5. The van der Waals surface area contributed by atoms with Crippen LogP contribution in [0.3, 0.4) is 0 Å². The van der Waals surface area contributed by atoms with Crippen molar-refractivity contribution in [2.45, 2.75) is 13.0 Å². The van der Waals surface area contributed by atoms with Crippen LogP contribution in [0.4, 0.5) is 10.1 Å². The van der Waals surface area contributed by atoms with Crippen LogP contribution < -0.4 is 20.2 Å². The first-order valence-corrected chi connectivity index (χ1v) is 10.7. The SMILES string of the molecule is COc1cc(C=NNC(=O)CC(=O)Nc2ccccc2F)ccc1OCc1ccc(Cl)cc1Cl. The summed E-state index contributed by atoms with van der Waals surface area (Å²) < 4.78 is 24.7. The van der Waals surface area contributed by atoms with Crippen molar-refractivity contribution >= 4 is 46.9 Å². The van der Waals surface area contributed by atoms with Gasteiger partial charge in [0.05, 0.1) is 19.0 Å². The van der Waals surface area contributed by atoms with Crippen molar-refractivity contribution in [1.82, 2.24) is 5.43 Å². The molecule has 0 aromatic heterocycles. The number of nitrogens with one attached hydrogen (secondary N) is 2. The number of halogens is 3. The zero-order valence-electron chi connectivity index (χ0n) is 18.0. The van der Waals surface area contributed by atoms with Crippen molar-refractivity contribution in [1.29, 1.82) is 0 Å². The molecule has 0 aliphatic heterocycles. The number of hydrazone groups is 1. The second-order valence-corrected chi connectivity index (χ2v) is 7.78. The summed E-state index contributed by atoms with van der Waals surface area (Å²) in [5, 5.41) is 7.19. The van der Waals surface area contributed by atoms with E-state index in [1.54, 1.807) is 42.5 Å². The zero-order valence-corrected chi connectivity index (χ0v) is 19.5. The molecule has 0 radical (unpaired) electrons. The van der Waals surface area contributed by atoms with E-state index in [1.807, 2.05) is 0 Å². The molecule has 2 amide bonds. The topological polar surface area (TPSA) is 89.0 Å². The third-order valence-electron chi connectivity index (χ3n) is 4.46. The van der Waals surface area contributed by atoms with Crippen LogP contribution in [0.15, 0.2) is 65.8 Å². The summed E-state index contributed by atoms with van der Waals surface area (Å²) >= 11 is 12.1. The largest absolute Gasteiger partial charge is 0.493 e. The highest BCUT2D eigenvalue weighted by Crippen LogP contribution is 2.29. The lowest BCUT2D eigenvalue weighted by Gasteiger charge is -2.12. The number of rotatable bonds is 9. The second-order valence-electron chi connectivity index (χ2n) is 6.93. The standard InChI is InChI=1S/C24H20Cl2FN3O4/c1-33-22-10-15(6-9-21(22)34-14-16-7-8-17(25)11-18(16)26)13-28-30-24(32)12-23(31)29-20-5-3-2-4-19(20)27/h2-11,13H,12,14H2,1H3,(H,29,31)(H,30,32). The Morgan fingerprint density at radius 1 is 1.03 bits per heavy atom. The number of hydrogen-bond acceptors (Lipinski definition) is 5. The van der Waals surface area contributed by atoms with Crippen molar-refractivity contribution in [3.8, 4) is 11.5 Å². The molecule has 0 fully saturated rings. The number of para-hydroxylation sites is 1. The molecule has 2 N–H and O–H groups in total. The second kappa shape index (κ2) is 12.0. The lowest BCUT2D eigenvalue weighted by Crippen LogP contribution is -2.24. The van der Waals surface area contributed by atoms with E-state index in [2.05, 4.69) is 15.8 Å². The summed E-state index contributed by atoms with van der Waals surface area (Å²) in [4.78, 5) is 23.8. The molecule has 0 aliphatic rings. The van der Waals surface area contributed by atoms with Gasteiger partial charge in [0.1, 0.15) is 18.8 Å². The Hall–Kier alpha value is -3.62. The molecular weight excluding hydrogens is 484 g/mol. The lowest BCUT2D eigenvalue weighted by molar-refractivity contribution is -0.126. The van der Waals surface area contributed by atoms with Crippen molar-refractivity contribution in [3.05, 3.63) is 87.7 Å². The summed E-state index contributed by atoms with van der Waals surface area (Å²) in [6, 6.07) is 15.9. The van der Waals surface area contributed by atoms with Gasteiger partial charge in [-0.3, -0.25) is 9.59 Å². The van der Waals surface area contributed by atoms with Gasteiger partial charge < -0.3 is 14.8 Å². The average Bonchev–Trinajstić information content (AvgIpc) is 2.80. The number of carbonyl (C=O) groups is 2. The maximum absolute atomic E-state index is 13.6. The fraction of sp³-hybridized carbons (Fsp3) is 0.125.